The molecule has 0 aliphatic heterocycles. The third-order valence-electron chi connectivity index (χ3n) is 7.28. The van der Waals surface area contributed by atoms with Gasteiger partial charge in [-0.3, -0.25) is 19.2 Å². The maximum absolute atomic E-state index is 12.9. The summed E-state index contributed by atoms with van der Waals surface area (Å²) >= 11 is 0. The Labute approximate surface area is 306 Å². The third-order valence-corrected chi connectivity index (χ3v) is 7.28. The molecule has 0 radical (unpaired) electrons. The van der Waals surface area contributed by atoms with Gasteiger partial charge in [-0.2, -0.15) is 0 Å². The minimum absolute atomic E-state index is 0.232. The van der Waals surface area contributed by atoms with Gasteiger partial charge in [0.25, 0.3) is 17.7 Å². The van der Waals surface area contributed by atoms with Crippen LogP contribution in [0.15, 0.2) is 127 Å². The van der Waals surface area contributed by atoms with E-state index in [0.717, 1.165) is 0 Å². The Hall–Kier alpha value is -7.08. The Morgan fingerprint density at radius 1 is 0.415 bits per heavy atom. The summed E-state index contributed by atoms with van der Waals surface area (Å²) in [6.45, 7) is 5.26. The fraction of sp³-hybridized carbons (Fsp3) is 0.122. The molecule has 0 saturated carbocycles. The molecule has 0 atom stereocenters. The zero-order chi connectivity index (χ0) is 38.2. The fourth-order valence-corrected chi connectivity index (χ4v) is 4.89. The smallest absolute Gasteiger partial charge is 0.340 e. The lowest BCUT2D eigenvalue weighted by molar-refractivity contribution is -0.114. The van der Waals surface area contributed by atoms with Crippen LogP contribution in [0.4, 0.5) is 22.7 Å². The molecule has 0 spiro atoms. The van der Waals surface area contributed by atoms with Gasteiger partial charge in [0, 0.05) is 12.5 Å². The van der Waals surface area contributed by atoms with Crippen LogP contribution < -0.4 is 21.3 Å². The third kappa shape index (κ3) is 11.0. The van der Waals surface area contributed by atoms with Crippen molar-refractivity contribution in [3.63, 3.8) is 0 Å². The van der Waals surface area contributed by atoms with E-state index in [9.17, 15) is 28.8 Å². The summed E-state index contributed by atoms with van der Waals surface area (Å²) in [7, 11) is 0. The molecule has 12 heteroatoms. The molecule has 5 aromatic carbocycles. The average Bonchev–Trinajstić information content (AvgIpc) is 3.16. The van der Waals surface area contributed by atoms with Gasteiger partial charge >= 0.3 is 11.9 Å². The van der Waals surface area contributed by atoms with Crippen LogP contribution in [0.25, 0.3) is 0 Å². The van der Waals surface area contributed by atoms with Crippen LogP contribution in [-0.2, 0) is 14.3 Å². The van der Waals surface area contributed by atoms with Crippen molar-refractivity contribution in [3.8, 4) is 0 Å². The highest BCUT2D eigenvalue weighted by Gasteiger charge is 2.19. The van der Waals surface area contributed by atoms with Gasteiger partial charge in [0.2, 0.25) is 5.91 Å². The summed E-state index contributed by atoms with van der Waals surface area (Å²) in [4.78, 5) is 73.2. The van der Waals surface area contributed by atoms with Crippen molar-refractivity contribution in [2.75, 3.05) is 34.5 Å². The zero-order valence-electron chi connectivity index (χ0n) is 29.3. The maximum atomic E-state index is 12.9. The number of esters is 2. The summed E-state index contributed by atoms with van der Waals surface area (Å²) in [5.41, 5.74) is 3.03. The molecular formula is C41H38N4O8. The first-order chi connectivity index (χ1) is 25.6. The van der Waals surface area contributed by atoms with E-state index >= 15 is 0 Å². The number of hydrogen-bond acceptors (Lipinski definition) is 8. The molecule has 0 fully saturated rings. The molecule has 0 saturated heterocycles. The molecule has 0 heterocycles. The summed E-state index contributed by atoms with van der Waals surface area (Å²) < 4.78 is 10.0. The predicted molar refractivity (Wildman–Crippen MR) is 202 cm³/mol. The SMILES string of the molecule is CCOC(=O)c1ccccc1NC(=O)c1ccccc1NC(=O)c1ccccc1.CCOC(=O)c1ccccc1NC(=O)c1ccccc1NC(C)=O. The fourth-order valence-electron chi connectivity index (χ4n) is 4.89. The molecule has 0 aliphatic carbocycles. The Kier molecular flexibility index (Phi) is 14.1. The number of hydrogen-bond donors (Lipinski definition) is 4. The Balaban J connectivity index is 0.000000241. The quantitative estimate of drug-likeness (QED) is 0.102. The molecular weight excluding hydrogens is 676 g/mol. The lowest BCUT2D eigenvalue weighted by Crippen LogP contribution is -2.19. The minimum atomic E-state index is -0.519. The van der Waals surface area contributed by atoms with Crippen molar-refractivity contribution >= 4 is 58.3 Å². The number of anilines is 4. The highest BCUT2D eigenvalue weighted by molar-refractivity contribution is 6.14. The van der Waals surface area contributed by atoms with E-state index in [1.165, 1.54) is 6.92 Å². The number of amides is 4. The van der Waals surface area contributed by atoms with E-state index in [1.54, 1.807) is 135 Å². The summed E-state index contributed by atoms with van der Waals surface area (Å²) in [6.07, 6.45) is 0. The van der Waals surface area contributed by atoms with Gasteiger partial charge in [0.1, 0.15) is 0 Å². The van der Waals surface area contributed by atoms with Crippen molar-refractivity contribution in [1.82, 2.24) is 0 Å². The molecule has 0 aromatic heterocycles. The largest absolute Gasteiger partial charge is 0.462 e. The molecule has 12 nitrogen and oxygen atoms in total. The lowest BCUT2D eigenvalue weighted by Gasteiger charge is -2.13. The first-order valence-corrected chi connectivity index (χ1v) is 16.6. The van der Waals surface area contributed by atoms with Crippen molar-refractivity contribution < 1.29 is 38.2 Å². The van der Waals surface area contributed by atoms with Gasteiger partial charge in [-0.05, 0) is 74.5 Å². The molecule has 0 unspecified atom stereocenters. The Bertz CT molecular complexity index is 2100. The number of para-hydroxylation sites is 4. The minimum Gasteiger partial charge on any atom is -0.462 e. The van der Waals surface area contributed by atoms with E-state index in [2.05, 4.69) is 21.3 Å². The van der Waals surface area contributed by atoms with E-state index < -0.39 is 23.8 Å². The molecule has 5 rings (SSSR count). The van der Waals surface area contributed by atoms with Crippen LogP contribution in [0.1, 0.15) is 72.6 Å². The van der Waals surface area contributed by atoms with Crippen LogP contribution in [0.5, 0.6) is 0 Å². The molecule has 5 aromatic rings. The average molecular weight is 715 g/mol. The number of carbonyl (C=O) groups excluding carboxylic acids is 6. The maximum Gasteiger partial charge on any atom is 0.340 e. The van der Waals surface area contributed by atoms with Crippen LogP contribution in [0, 0.1) is 0 Å². The number of rotatable bonds is 11. The topological polar surface area (TPSA) is 169 Å². The summed E-state index contributed by atoms with van der Waals surface area (Å²) in [5.74, 6) is -2.51. The molecule has 4 amide bonds. The van der Waals surface area contributed by atoms with E-state index in [-0.39, 0.29) is 41.7 Å². The van der Waals surface area contributed by atoms with Gasteiger partial charge in [-0.25, -0.2) is 9.59 Å². The van der Waals surface area contributed by atoms with Gasteiger partial charge in [0.05, 0.1) is 58.2 Å². The number of benzene rings is 5. The van der Waals surface area contributed by atoms with Crippen LogP contribution in [-0.4, -0.2) is 48.8 Å². The van der Waals surface area contributed by atoms with Crippen molar-refractivity contribution in [2.45, 2.75) is 20.8 Å². The summed E-state index contributed by atoms with van der Waals surface area (Å²) in [5, 5.41) is 10.8. The molecule has 270 valence electrons. The van der Waals surface area contributed by atoms with Crippen molar-refractivity contribution in [1.29, 1.82) is 0 Å². The standard InChI is InChI=1S/C23H20N2O4.C18H18N2O4/c1-2-29-23(28)18-13-7-9-15-20(18)25-22(27)17-12-6-8-14-19(17)24-21(26)16-10-4-3-5-11-16;1-3-24-18(23)14-9-5-7-11-16(14)20-17(22)13-8-4-6-10-15(13)19-12(2)21/h3-15H,2H2,1H3,(H,24,26)(H,25,27);4-11H,3H2,1-2H3,(H,19,21)(H,20,22). The van der Waals surface area contributed by atoms with Gasteiger partial charge < -0.3 is 30.7 Å². The van der Waals surface area contributed by atoms with E-state index in [0.29, 0.717) is 33.9 Å². The summed E-state index contributed by atoms with van der Waals surface area (Å²) in [6, 6.07) is 35.2. The predicted octanol–water partition coefficient (Wildman–Crippen LogP) is 7.44. The molecule has 4 N–H and O–H groups in total. The number of carbonyl (C=O) groups is 6. The number of nitrogens with one attached hydrogen (secondary N) is 4. The van der Waals surface area contributed by atoms with E-state index in [1.807, 2.05) is 6.07 Å². The Morgan fingerprint density at radius 2 is 0.736 bits per heavy atom. The van der Waals surface area contributed by atoms with Crippen LogP contribution >= 0.6 is 0 Å². The second kappa shape index (κ2) is 19.3. The number of ether oxygens (including phenoxy) is 2. The highest BCUT2D eigenvalue weighted by atomic mass is 16.5. The highest BCUT2D eigenvalue weighted by Crippen LogP contribution is 2.23. The second-order valence-corrected chi connectivity index (χ2v) is 11.0. The monoisotopic (exact) mass is 714 g/mol. The Morgan fingerprint density at radius 3 is 1.13 bits per heavy atom. The van der Waals surface area contributed by atoms with Crippen molar-refractivity contribution in [3.05, 3.63) is 155 Å². The van der Waals surface area contributed by atoms with E-state index in [4.69, 9.17) is 9.47 Å². The first kappa shape index (κ1) is 38.7. The lowest BCUT2D eigenvalue weighted by atomic mass is 10.1. The molecule has 0 aliphatic rings. The normalized spacial score (nSPS) is 10.0. The zero-order valence-corrected chi connectivity index (χ0v) is 29.3. The van der Waals surface area contributed by atoms with Gasteiger partial charge in [0.15, 0.2) is 0 Å². The van der Waals surface area contributed by atoms with Crippen molar-refractivity contribution in [2.24, 2.45) is 0 Å². The van der Waals surface area contributed by atoms with Gasteiger partial charge in [-0.15, -0.1) is 0 Å². The molecule has 0 bridgehead atoms. The second-order valence-electron chi connectivity index (χ2n) is 11.0. The van der Waals surface area contributed by atoms with Crippen LogP contribution in [0.2, 0.25) is 0 Å². The van der Waals surface area contributed by atoms with Gasteiger partial charge in [-0.1, -0.05) is 66.7 Å². The molecule has 53 heavy (non-hydrogen) atoms. The first-order valence-electron chi connectivity index (χ1n) is 16.6. The van der Waals surface area contributed by atoms with Crippen LogP contribution in [0.3, 0.4) is 0 Å².